The standard InChI is InChI=1S/C19H23F3N4S.HI/c1-12(14-8-7-13-5-3-4-6-15(13)9-14)25-18(23-2)24-10-17-26-16(11-27-17)19(20,21)22;/h7-9,11-12H,3-6,10H2,1-2H3,(H2,23,24,25);1H. The van der Waals surface area contributed by atoms with Crippen LogP contribution in [-0.2, 0) is 25.6 Å². The highest BCUT2D eigenvalue weighted by Gasteiger charge is 2.33. The number of aryl methyl sites for hydroxylation is 2. The number of guanidine groups is 1. The molecule has 1 heterocycles. The Kier molecular flexibility index (Phi) is 8.11. The van der Waals surface area contributed by atoms with Gasteiger partial charge in [0.2, 0.25) is 0 Å². The molecule has 0 fully saturated rings. The molecule has 2 N–H and O–H groups in total. The van der Waals surface area contributed by atoms with Crippen molar-refractivity contribution in [3.05, 3.63) is 51.0 Å². The molecule has 28 heavy (non-hydrogen) atoms. The Labute approximate surface area is 184 Å². The monoisotopic (exact) mass is 524 g/mol. The maximum Gasteiger partial charge on any atom is 0.434 e. The number of hydrogen-bond acceptors (Lipinski definition) is 3. The number of benzene rings is 1. The Morgan fingerprint density at radius 2 is 1.96 bits per heavy atom. The molecule has 1 aromatic carbocycles. The van der Waals surface area contributed by atoms with Crippen LogP contribution >= 0.6 is 35.3 Å². The van der Waals surface area contributed by atoms with E-state index in [1.807, 2.05) is 6.92 Å². The summed E-state index contributed by atoms with van der Waals surface area (Å²) < 4.78 is 37.9. The number of nitrogens with one attached hydrogen (secondary N) is 2. The van der Waals surface area contributed by atoms with Crippen LogP contribution in [-0.4, -0.2) is 18.0 Å². The van der Waals surface area contributed by atoms with E-state index in [2.05, 4.69) is 38.8 Å². The second-order valence-corrected chi connectivity index (χ2v) is 7.59. The van der Waals surface area contributed by atoms with Crippen molar-refractivity contribution in [1.29, 1.82) is 0 Å². The summed E-state index contributed by atoms with van der Waals surface area (Å²) in [5, 5.41) is 7.72. The molecule has 1 aliphatic carbocycles. The Bertz CT molecular complexity index is 820. The summed E-state index contributed by atoms with van der Waals surface area (Å²) in [6.45, 7) is 2.24. The van der Waals surface area contributed by atoms with E-state index in [1.54, 1.807) is 7.05 Å². The Hall–Kier alpha value is -1.36. The molecule has 1 aromatic heterocycles. The van der Waals surface area contributed by atoms with E-state index in [9.17, 15) is 13.2 Å². The maximum atomic E-state index is 12.6. The molecule has 3 rings (SSSR count). The molecule has 2 aromatic rings. The molecule has 0 aliphatic heterocycles. The molecule has 0 amide bonds. The number of fused-ring (bicyclic) bond motifs is 1. The fourth-order valence-corrected chi connectivity index (χ4v) is 3.93. The summed E-state index contributed by atoms with van der Waals surface area (Å²) in [6, 6.07) is 6.61. The highest BCUT2D eigenvalue weighted by Crippen LogP contribution is 2.30. The SMILES string of the molecule is CN=C(NCc1nc(C(F)(F)F)cs1)NC(C)c1ccc2c(c1)CCCC2.I. The van der Waals surface area contributed by atoms with Gasteiger partial charge >= 0.3 is 6.18 Å². The van der Waals surface area contributed by atoms with Gasteiger partial charge in [0, 0.05) is 12.4 Å². The van der Waals surface area contributed by atoms with Crippen LogP contribution in [0.5, 0.6) is 0 Å². The molecule has 1 atom stereocenters. The third-order valence-electron chi connectivity index (χ3n) is 4.70. The van der Waals surface area contributed by atoms with Gasteiger partial charge in [0.15, 0.2) is 11.7 Å². The van der Waals surface area contributed by atoms with Gasteiger partial charge in [-0.05, 0) is 49.3 Å². The van der Waals surface area contributed by atoms with E-state index < -0.39 is 11.9 Å². The van der Waals surface area contributed by atoms with Crippen molar-refractivity contribution in [3.8, 4) is 0 Å². The Balaban J connectivity index is 0.00000280. The van der Waals surface area contributed by atoms with E-state index in [-0.39, 0.29) is 36.6 Å². The average molecular weight is 524 g/mol. The van der Waals surface area contributed by atoms with Gasteiger partial charge < -0.3 is 10.6 Å². The van der Waals surface area contributed by atoms with Crippen molar-refractivity contribution in [2.75, 3.05) is 7.05 Å². The summed E-state index contributed by atoms with van der Waals surface area (Å²) in [4.78, 5) is 7.78. The van der Waals surface area contributed by atoms with Crippen LogP contribution in [0.15, 0.2) is 28.6 Å². The predicted molar refractivity (Wildman–Crippen MR) is 117 cm³/mol. The van der Waals surface area contributed by atoms with Crippen molar-refractivity contribution in [1.82, 2.24) is 15.6 Å². The van der Waals surface area contributed by atoms with Crippen LogP contribution in [0.3, 0.4) is 0 Å². The van der Waals surface area contributed by atoms with Gasteiger partial charge in [-0.2, -0.15) is 13.2 Å². The smallest absolute Gasteiger partial charge is 0.350 e. The molecule has 0 radical (unpaired) electrons. The van der Waals surface area contributed by atoms with Gasteiger partial charge in [0.1, 0.15) is 5.01 Å². The van der Waals surface area contributed by atoms with E-state index in [1.165, 1.54) is 29.5 Å². The van der Waals surface area contributed by atoms with Crippen molar-refractivity contribution in [3.63, 3.8) is 0 Å². The number of aromatic nitrogens is 1. The van der Waals surface area contributed by atoms with Gasteiger partial charge in [0.25, 0.3) is 0 Å². The number of halogens is 4. The number of thiazole rings is 1. The molecular formula is C19H24F3IN4S. The van der Waals surface area contributed by atoms with E-state index in [4.69, 9.17) is 0 Å². The average Bonchev–Trinajstić information content (AvgIpc) is 3.14. The summed E-state index contributed by atoms with van der Waals surface area (Å²) in [5.41, 5.74) is 3.17. The molecule has 4 nitrogen and oxygen atoms in total. The minimum atomic E-state index is -4.41. The molecule has 0 saturated heterocycles. The number of hydrogen-bond donors (Lipinski definition) is 2. The normalized spacial score (nSPS) is 15.4. The second-order valence-electron chi connectivity index (χ2n) is 6.65. The van der Waals surface area contributed by atoms with Gasteiger partial charge in [-0.3, -0.25) is 4.99 Å². The van der Waals surface area contributed by atoms with Crippen molar-refractivity contribution in [2.45, 2.75) is 51.4 Å². The third-order valence-corrected chi connectivity index (χ3v) is 5.55. The van der Waals surface area contributed by atoms with Crippen LogP contribution in [0.2, 0.25) is 0 Å². The lowest BCUT2D eigenvalue weighted by atomic mass is 9.89. The van der Waals surface area contributed by atoms with Crippen LogP contribution in [0.1, 0.15) is 53.2 Å². The number of aliphatic imine (C=N–C) groups is 1. The molecule has 0 saturated carbocycles. The highest BCUT2D eigenvalue weighted by molar-refractivity contribution is 14.0. The molecular weight excluding hydrogens is 500 g/mol. The van der Waals surface area contributed by atoms with Crippen molar-refractivity contribution in [2.24, 2.45) is 4.99 Å². The van der Waals surface area contributed by atoms with Crippen molar-refractivity contribution >= 4 is 41.3 Å². The molecule has 154 valence electrons. The highest BCUT2D eigenvalue weighted by atomic mass is 127. The van der Waals surface area contributed by atoms with Crippen LogP contribution < -0.4 is 10.6 Å². The van der Waals surface area contributed by atoms with Gasteiger partial charge in [0.05, 0.1) is 12.6 Å². The summed E-state index contributed by atoms with van der Waals surface area (Å²) in [6.07, 6.45) is 0.344. The first-order valence-electron chi connectivity index (χ1n) is 8.97. The number of rotatable bonds is 4. The van der Waals surface area contributed by atoms with Crippen molar-refractivity contribution < 1.29 is 13.2 Å². The molecule has 0 spiro atoms. The first kappa shape index (κ1) is 22.9. The van der Waals surface area contributed by atoms with Crippen LogP contribution in [0.4, 0.5) is 13.2 Å². The zero-order valence-corrected chi connectivity index (χ0v) is 18.9. The van der Waals surface area contributed by atoms with Gasteiger partial charge in [-0.15, -0.1) is 35.3 Å². The summed E-state index contributed by atoms with van der Waals surface area (Å²) in [5.74, 6) is 0.531. The Morgan fingerprint density at radius 1 is 1.25 bits per heavy atom. The summed E-state index contributed by atoms with van der Waals surface area (Å²) >= 11 is 0.983. The van der Waals surface area contributed by atoms with Gasteiger partial charge in [-0.1, -0.05) is 18.2 Å². The quantitative estimate of drug-likeness (QED) is 0.333. The fraction of sp³-hybridized carbons (Fsp3) is 0.474. The van der Waals surface area contributed by atoms with Crippen LogP contribution in [0, 0.1) is 0 Å². The first-order valence-corrected chi connectivity index (χ1v) is 9.85. The topological polar surface area (TPSA) is 49.3 Å². The number of alkyl halides is 3. The minimum Gasteiger partial charge on any atom is -0.350 e. The third kappa shape index (κ3) is 5.82. The number of nitrogens with zero attached hydrogens (tertiary/aromatic N) is 2. The zero-order chi connectivity index (χ0) is 19.4. The molecule has 1 unspecified atom stereocenters. The second kappa shape index (κ2) is 9.91. The van der Waals surface area contributed by atoms with E-state index >= 15 is 0 Å². The lowest BCUT2D eigenvalue weighted by molar-refractivity contribution is -0.140. The molecule has 0 bridgehead atoms. The minimum absolute atomic E-state index is 0. The lowest BCUT2D eigenvalue weighted by Crippen LogP contribution is -2.38. The van der Waals surface area contributed by atoms with E-state index in [0.717, 1.165) is 29.6 Å². The molecule has 9 heteroatoms. The van der Waals surface area contributed by atoms with Crippen LogP contribution in [0.25, 0.3) is 0 Å². The maximum absolute atomic E-state index is 12.6. The van der Waals surface area contributed by atoms with Gasteiger partial charge in [-0.25, -0.2) is 4.98 Å². The van der Waals surface area contributed by atoms with E-state index in [0.29, 0.717) is 11.0 Å². The lowest BCUT2D eigenvalue weighted by Gasteiger charge is -2.21. The largest absolute Gasteiger partial charge is 0.434 e. The first-order chi connectivity index (χ1) is 12.9. The zero-order valence-electron chi connectivity index (χ0n) is 15.8. The summed E-state index contributed by atoms with van der Waals surface area (Å²) in [7, 11) is 1.64. The Morgan fingerprint density at radius 3 is 2.61 bits per heavy atom. The molecule has 1 aliphatic rings. The predicted octanol–water partition coefficient (Wildman–Crippen LogP) is 5.08. The fourth-order valence-electron chi connectivity index (χ4n) is 3.19.